The van der Waals surface area contributed by atoms with Crippen molar-refractivity contribution in [1.82, 2.24) is 0 Å². The topological polar surface area (TPSA) is 69.4 Å². The van der Waals surface area contributed by atoms with E-state index >= 15 is 0 Å². The lowest BCUT2D eigenvalue weighted by Crippen LogP contribution is -2.03. The Labute approximate surface area is 103 Å². The molecule has 0 bridgehead atoms. The van der Waals surface area contributed by atoms with Crippen molar-refractivity contribution in [2.45, 2.75) is 58.8 Å². The zero-order valence-corrected chi connectivity index (χ0v) is 10.8. The van der Waals surface area contributed by atoms with Crippen LogP contribution >= 0.6 is 0 Å². The number of carbonyl (C=O) groups excluding carboxylic acids is 1. The number of unbranched alkanes of at least 4 members (excludes halogenated alkanes) is 2. The summed E-state index contributed by atoms with van der Waals surface area (Å²) in [5.74, 6) is 0.958. The molecular weight excluding hydrogens is 222 g/mol. The molecule has 0 aromatic heterocycles. The maximum atomic E-state index is 11.4. The van der Waals surface area contributed by atoms with Gasteiger partial charge in [-0.05, 0) is 25.2 Å². The summed E-state index contributed by atoms with van der Waals surface area (Å²) in [4.78, 5) is 25.4. The molecule has 0 aliphatic rings. The van der Waals surface area contributed by atoms with Crippen molar-refractivity contribution in [1.29, 1.82) is 0 Å². The molecule has 5 nitrogen and oxygen atoms in total. The Morgan fingerprint density at radius 3 is 2.29 bits per heavy atom. The Bertz CT molecular complexity index is 229. The molecule has 0 radical (unpaired) electrons. The van der Waals surface area contributed by atoms with Gasteiger partial charge in [-0.15, -0.1) is 10.1 Å². The van der Waals surface area contributed by atoms with Crippen LogP contribution < -0.4 is 0 Å². The molecule has 0 atom stereocenters. The molecule has 0 saturated heterocycles. The Morgan fingerprint density at radius 2 is 1.76 bits per heavy atom. The standard InChI is InChI=1S/C12H23NO4/c1-11(2)7-3-4-8-12(14)9-5-6-10-17-13(15)16/h11H,3-10H2,1-2H3. The van der Waals surface area contributed by atoms with E-state index in [9.17, 15) is 14.9 Å². The van der Waals surface area contributed by atoms with Gasteiger partial charge >= 0.3 is 0 Å². The summed E-state index contributed by atoms with van der Waals surface area (Å²) in [6.07, 6.45) is 5.64. The highest BCUT2D eigenvalue weighted by Gasteiger charge is 2.03. The lowest BCUT2D eigenvalue weighted by atomic mass is 10.0. The minimum absolute atomic E-state index is 0.0909. The van der Waals surface area contributed by atoms with E-state index in [2.05, 4.69) is 18.7 Å². The van der Waals surface area contributed by atoms with Crippen LogP contribution in [0.25, 0.3) is 0 Å². The number of carbonyl (C=O) groups is 1. The summed E-state index contributed by atoms with van der Waals surface area (Å²) in [6, 6.07) is 0. The molecule has 0 aliphatic heterocycles. The predicted octanol–water partition coefficient (Wildman–Crippen LogP) is 3.15. The maximum absolute atomic E-state index is 11.4. The van der Waals surface area contributed by atoms with Crippen molar-refractivity contribution in [3.8, 4) is 0 Å². The Morgan fingerprint density at radius 1 is 1.18 bits per heavy atom. The molecule has 0 aliphatic carbocycles. The molecule has 0 spiro atoms. The molecule has 0 fully saturated rings. The van der Waals surface area contributed by atoms with Crippen LogP contribution in [0, 0.1) is 16.0 Å². The third-order valence-corrected chi connectivity index (χ3v) is 2.53. The Hall–Kier alpha value is -1.13. The van der Waals surface area contributed by atoms with Gasteiger partial charge in [-0.25, -0.2) is 0 Å². The molecule has 0 rings (SSSR count). The number of rotatable bonds is 11. The smallest absolute Gasteiger partial charge is 0.294 e. The first kappa shape index (κ1) is 15.9. The summed E-state index contributed by atoms with van der Waals surface area (Å²) in [6.45, 7) is 4.45. The molecule has 0 aromatic carbocycles. The summed E-state index contributed by atoms with van der Waals surface area (Å²) in [5, 5.41) is 9.04. The first-order valence-corrected chi connectivity index (χ1v) is 6.31. The first-order valence-electron chi connectivity index (χ1n) is 6.31. The van der Waals surface area contributed by atoms with Crippen LogP contribution in [-0.2, 0) is 9.63 Å². The van der Waals surface area contributed by atoms with Gasteiger partial charge in [-0.1, -0.05) is 26.7 Å². The van der Waals surface area contributed by atoms with Crippen LogP contribution in [0.4, 0.5) is 0 Å². The minimum atomic E-state index is -0.798. The van der Waals surface area contributed by atoms with Crippen molar-refractivity contribution in [2.24, 2.45) is 5.92 Å². The van der Waals surface area contributed by atoms with E-state index in [1.807, 2.05) is 0 Å². The van der Waals surface area contributed by atoms with Crippen molar-refractivity contribution in [2.75, 3.05) is 6.61 Å². The fourth-order valence-electron chi connectivity index (χ4n) is 1.56. The molecule has 0 saturated carbocycles. The van der Waals surface area contributed by atoms with Crippen LogP contribution in [-0.4, -0.2) is 17.5 Å². The monoisotopic (exact) mass is 245 g/mol. The molecule has 17 heavy (non-hydrogen) atoms. The van der Waals surface area contributed by atoms with Gasteiger partial charge in [0.05, 0.1) is 6.61 Å². The quantitative estimate of drug-likeness (QED) is 0.318. The second-order valence-corrected chi connectivity index (χ2v) is 4.69. The van der Waals surface area contributed by atoms with Gasteiger partial charge < -0.3 is 4.84 Å². The molecule has 0 unspecified atom stereocenters. The SMILES string of the molecule is CC(C)CCCCC(=O)CCCCO[N+](=O)[O-]. The van der Waals surface area contributed by atoms with Crippen LogP contribution in [0.5, 0.6) is 0 Å². The lowest BCUT2D eigenvalue weighted by Gasteiger charge is -2.04. The van der Waals surface area contributed by atoms with Gasteiger partial charge in [0.2, 0.25) is 0 Å². The minimum Gasteiger partial charge on any atom is -0.314 e. The van der Waals surface area contributed by atoms with E-state index in [0.717, 1.165) is 12.8 Å². The average molecular weight is 245 g/mol. The summed E-state index contributed by atoms with van der Waals surface area (Å²) >= 11 is 0. The highest BCUT2D eigenvalue weighted by molar-refractivity contribution is 5.78. The third kappa shape index (κ3) is 12.8. The van der Waals surface area contributed by atoms with Gasteiger partial charge in [0.1, 0.15) is 5.78 Å². The number of nitrogens with zero attached hydrogens (tertiary/aromatic N) is 1. The number of Topliss-reactive ketones (excluding diaryl/α,β-unsaturated/α-hetero) is 1. The van der Waals surface area contributed by atoms with Gasteiger partial charge in [-0.3, -0.25) is 4.79 Å². The fourth-order valence-corrected chi connectivity index (χ4v) is 1.56. The number of hydrogen-bond acceptors (Lipinski definition) is 4. The molecule has 0 heterocycles. The molecule has 0 amide bonds. The van der Waals surface area contributed by atoms with Crippen LogP contribution in [0.15, 0.2) is 0 Å². The van der Waals surface area contributed by atoms with Gasteiger partial charge in [0.25, 0.3) is 5.09 Å². The second kappa shape index (κ2) is 10.1. The van der Waals surface area contributed by atoms with E-state index in [0.29, 0.717) is 31.6 Å². The van der Waals surface area contributed by atoms with Crippen LogP contribution in [0.2, 0.25) is 0 Å². The maximum Gasteiger partial charge on any atom is 0.294 e. The second-order valence-electron chi connectivity index (χ2n) is 4.69. The van der Waals surface area contributed by atoms with Gasteiger partial charge in [0.15, 0.2) is 0 Å². The van der Waals surface area contributed by atoms with Crippen molar-refractivity contribution < 1.29 is 14.7 Å². The molecule has 0 N–H and O–H groups in total. The van der Waals surface area contributed by atoms with Crippen molar-refractivity contribution >= 4 is 5.78 Å². The van der Waals surface area contributed by atoms with E-state index in [1.165, 1.54) is 6.42 Å². The van der Waals surface area contributed by atoms with Gasteiger partial charge in [-0.2, -0.15) is 0 Å². The summed E-state index contributed by atoms with van der Waals surface area (Å²) in [7, 11) is 0. The molecule has 100 valence electrons. The fraction of sp³-hybridized carbons (Fsp3) is 0.917. The van der Waals surface area contributed by atoms with E-state index < -0.39 is 5.09 Å². The molecule has 5 heteroatoms. The Kier molecular flexibility index (Phi) is 9.38. The molecule has 0 aromatic rings. The molecular formula is C12H23NO4. The van der Waals surface area contributed by atoms with E-state index in [1.54, 1.807) is 0 Å². The highest BCUT2D eigenvalue weighted by Crippen LogP contribution is 2.10. The summed E-state index contributed by atoms with van der Waals surface area (Å²) in [5.41, 5.74) is 0. The van der Waals surface area contributed by atoms with Crippen LogP contribution in [0.1, 0.15) is 58.8 Å². The normalized spacial score (nSPS) is 10.5. The zero-order valence-electron chi connectivity index (χ0n) is 10.8. The van der Waals surface area contributed by atoms with Crippen molar-refractivity contribution in [3.63, 3.8) is 0 Å². The van der Waals surface area contributed by atoms with E-state index in [4.69, 9.17) is 0 Å². The third-order valence-electron chi connectivity index (χ3n) is 2.53. The van der Waals surface area contributed by atoms with Crippen molar-refractivity contribution in [3.05, 3.63) is 10.1 Å². The number of hydrogen-bond donors (Lipinski definition) is 0. The largest absolute Gasteiger partial charge is 0.314 e. The van der Waals surface area contributed by atoms with E-state index in [-0.39, 0.29) is 12.4 Å². The van der Waals surface area contributed by atoms with Gasteiger partial charge in [0, 0.05) is 12.8 Å². The average Bonchev–Trinajstić information content (AvgIpc) is 2.23. The predicted molar refractivity (Wildman–Crippen MR) is 65.1 cm³/mol. The summed E-state index contributed by atoms with van der Waals surface area (Å²) < 4.78 is 0. The van der Waals surface area contributed by atoms with Crippen LogP contribution in [0.3, 0.4) is 0 Å². The lowest BCUT2D eigenvalue weighted by molar-refractivity contribution is -0.757. The first-order chi connectivity index (χ1) is 8.02. The Balaban J connectivity index is 3.26. The highest BCUT2D eigenvalue weighted by atomic mass is 16.9. The number of ketones is 1. The zero-order chi connectivity index (χ0) is 13.1.